The first-order valence-electron chi connectivity index (χ1n) is 5.90. The van der Waals surface area contributed by atoms with Crippen molar-refractivity contribution in [1.29, 1.82) is 0 Å². The second kappa shape index (κ2) is 5.29. The van der Waals surface area contributed by atoms with E-state index in [0.717, 1.165) is 12.1 Å². The standard InChI is InChI=1S/C13H18N2O2/c1-10-7-15(12(9-16)13(17)14-10)8-11-5-3-2-4-6-11/h2-6,10,12,16H,7-9H2,1H3,(H,14,17)/t10-,12+/m0/s1. The summed E-state index contributed by atoms with van der Waals surface area (Å²) in [6.07, 6.45) is 0. The molecule has 1 amide bonds. The predicted molar refractivity (Wildman–Crippen MR) is 65.3 cm³/mol. The topological polar surface area (TPSA) is 52.6 Å². The highest BCUT2D eigenvalue weighted by molar-refractivity contribution is 5.83. The Bertz CT molecular complexity index is 380. The molecular weight excluding hydrogens is 216 g/mol. The van der Waals surface area contributed by atoms with Crippen molar-refractivity contribution in [2.24, 2.45) is 0 Å². The Balaban J connectivity index is 2.09. The van der Waals surface area contributed by atoms with Gasteiger partial charge in [0.2, 0.25) is 5.91 Å². The Morgan fingerprint density at radius 1 is 1.41 bits per heavy atom. The van der Waals surface area contributed by atoms with E-state index in [4.69, 9.17) is 0 Å². The number of piperazine rings is 1. The normalized spacial score (nSPS) is 25.6. The fourth-order valence-corrected chi connectivity index (χ4v) is 2.22. The van der Waals surface area contributed by atoms with E-state index in [-0.39, 0.29) is 18.6 Å². The molecule has 1 aromatic carbocycles. The van der Waals surface area contributed by atoms with Crippen LogP contribution in [0.25, 0.3) is 0 Å². The van der Waals surface area contributed by atoms with Crippen molar-refractivity contribution < 1.29 is 9.90 Å². The van der Waals surface area contributed by atoms with E-state index in [9.17, 15) is 9.90 Å². The van der Waals surface area contributed by atoms with Gasteiger partial charge >= 0.3 is 0 Å². The molecule has 1 saturated heterocycles. The number of rotatable bonds is 3. The van der Waals surface area contributed by atoms with E-state index in [1.54, 1.807) is 0 Å². The Morgan fingerprint density at radius 2 is 2.12 bits per heavy atom. The lowest BCUT2D eigenvalue weighted by Crippen LogP contribution is -2.59. The minimum absolute atomic E-state index is 0.0813. The molecule has 0 aliphatic carbocycles. The number of amides is 1. The molecular formula is C13H18N2O2. The summed E-state index contributed by atoms with van der Waals surface area (Å²) >= 11 is 0. The lowest BCUT2D eigenvalue weighted by molar-refractivity contribution is -0.132. The van der Waals surface area contributed by atoms with Crippen molar-refractivity contribution in [3.05, 3.63) is 35.9 Å². The van der Waals surface area contributed by atoms with Gasteiger partial charge in [0.05, 0.1) is 6.61 Å². The van der Waals surface area contributed by atoms with E-state index < -0.39 is 6.04 Å². The highest BCUT2D eigenvalue weighted by Crippen LogP contribution is 2.13. The number of nitrogens with one attached hydrogen (secondary N) is 1. The van der Waals surface area contributed by atoms with E-state index in [1.165, 1.54) is 0 Å². The molecule has 4 heteroatoms. The van der Waals surface area contributed by atoms with Gasteiger partial charge in [0.15, 0.2) is 0 Å². The predicted octanol–water partition coefficient (Wildman–Crippen LogP) is 0.368. The summed E-state index contributed by atoms with van der Waals surface area (Å²) < 4.78 is 0. The van der Waals surface area contributed by atoms with Crippen LogP contribution in [-0.2, 0) is 11.3 Å². The van der Waals surface area contributed by atoms with Crippen molar-refractivity contribution in [1.82, 2.24) is 10.2 Å². The molecule has 0 bridgehead atoms. The fraction of sp³-hybridized carbons (Fsp3) is 0.462. The molecule has 2 rings (SSSR count). The van der Waals surface area contributed by atoms with Crippen LogP contribution in [0.5, 0.6) is 0 Å². The minimum Gasteiger partial charge on any atom is -0.394 e. The summed E-state index contributed by atoms with van der Waals surface area (Å²) in [4.78, 5) is 13.8. The van der Waals surface area contributed by atoms with Crippen LogP contribution in [0, 0.1) is 0 Å². The molecule has 0 saturated carbocycles. The number of benzene rings is 1. The van der Waals surface area contributed by atoms with Crippen LogP contribution in [0.4, 0.5) is 0 Å². The zero-order valence-electron chi connectivity index (χ0n) is 9.97. The van der Waals surface area contributed by atoms with Crippen molar-refractivity contribution in [2.45, 2.75) is 25.6 Å². The molecule has 0 unspecified atom stereocenters. The first kappa shape index (κ1) is 12.1. The summed E-state index contributed by atoms with van der Waals surface area (Å²) in [6, 6.07) is 9.71. The number of hydrogen-bond donors (Lipinski definition) is 2. The van der Waals surface area contributed by atoms with Crippen LogP contribution in [-0.4, -0.2) is 41.1 Å². The second-order valence-corrected chi connectivity index (χ2v) is 4.52. The third-order valence-electron chi connectivity index (χ3n) is 3.04. The highest BCUT2D eigenvalue weighted by Gasteiger charge is 2.31. The van der Waals surface area contributed by atoms with Gasteiger partial charge in [0.25, 0.3) is 0 Å². The van der Waals surface area contributed by atoms with Gasteiger partial charge in [-0.1, -0.05) is 30.3 Å². The van der Waals surface area contributed by atoms with Crippen LogP contribution in [0.15, 0.2) is 30.3 Å². The molecule has 17 heavy (non-hydrogen) atoms. The molecule has 1 aliphatic rings. The van der Waals surface area contributed by atoms with Crippen molar-refractivity contribution in [2.75, 3.05) is 13.2 Å². The molecule has 0 radical (unpaired) electrons. The van der Waals surface area contributed by atoms with Crippen LogP contribution in [0.1, 0.15) is 12.5 Å². The lowest BCUT2D eigenvalue weighted by Gasteiger charge is -2.37. The van der Waals surface area contributed by atoms with Crippen molar-refractivity contribution >= 4 is 5.91 Å². The largest absolute Gasteiger partial charge is 0.394 e. The number of hydrogen-bond acceptors (Lipinski definition) is 3. The Morgan fingerprint density at radius 3 is 2.76 bits per heavy atom. The maximum absolute atomic E-state index is 11.7. The van der Waals surface area contributed by atoms with Crippen LogP contribution < -0.4 is 5.32 Å². The summed E-state index contributed by atoms with van der Waals surface area (Å²) in [5.41, 5.74) is 1.16. The number of nitrogens with zero attached hydrogens (tertiary/aromatic N) is 1. The summed E-state index contributed by atoms with van der Waals surface area (Å²) in [5.74, 6) is -0.0813. The van der Waals surface area contributed by atoms with Gasteiger partial charge in [-0.2, -0.15) is 0 Å². The quantitative estimate of drug-likeness (QED) is 0.794. The van der Waals surface area contributed by atoms with Gasteiger partial charge in [-0.15, -0.1) is 0 Å². The number of carbonyl (C=O) groups is 1. The molecule has 1 fully saturated rings. The Kier molecular flexibility index (Phi) is 3.76. The summed E-state index contributed by atoms with van der Waals surface area (Å²) in [7, 11) is 0. The SMILES string of the molecule is C[C@H]1CN(Cc2ccccc2)[C@H](CO)C(=O)N1. The van der Waals surface area contributed by atoms with Gasteiger partial charge in [-0.25, -0.2) is 0 Å². The molecule has 1 heterocycles. The lowest BCUT2D eigenvalue weighted by atomic mass is 10.1. The number of aliphatic hydroxyl groups is 1. The van der Waals surface area contributed by atoms with Crippen LogP contribution in [0.2, 0.25) is 0 Å². The van der Waals surface area contributed by atoms with Crippen molar-refractivity contribution in [3.8, 4) is 0 Å². The van der Waals surface area contributed by atoms with E-state index in [2.05, 4.69) is 5.32 Å². The van der Waals surface area contributed by atoms with E-state index in [1.807, 2.05) is 42.2 Å². The second-order valence-electron chi connectivity index (χ2n) is 4.52. The number of aliphatic hydroxyl groups excluding tert-OH is 1. The molecule has 0 spiro atoms. The maximum atomic E-state index is 11.7. The first-order valence-corrected chi connectivity index (χ1v) is 5.90. The Hall–Kier alpha value is -1.39. The summed E-state index contributed by atoms with van der Waals surface area (Å²) in [6.45, 7) is 3.31. The summed E-state index contributed by atoms with van der Waals surface area (Å²) in [5, 5.41) is 12.1. The maximum Gasteiger partial charge on any atom is 0.240 e. The molecule has 4 nitrogen and oxygen atoms in total. The van der Waals surface area contributed by atoms with Gasteiger partial charge in [0, 0.05) is 19.1 Å². The fourth-order valence-electron chi connectivity index (χ4n) is 2.22. The minimum atomic E-state index is -0.425. The highest BCUT2D eigenvalue weighted by atomic mass is 16.3. The van der Waals surface area contributed by atoms with E-state index >= 15 is 0 Å². The van der Waals surface area contributed by atoms with Gasteiger partial charge in [-0.3, -0.25) is 9.69 Å². The van der Waals surface area contributed by atoms with Gasteiger partial charge < -0.3 is 10.4 Å². The Labute approximate surface area is 101 Å². The van der Waals surface area contributed by atoms with Crippen LogP contribution in [0.3, 0.4) is 0 Å². The smallest absolute Gasteiger partial charge is 0.240 e. The number of carbonyl (C=O) groups excluding carboxylic acids is 1. The van der Waals surface area contributed by atoms with Gasteiger partial charge in [-0.05, 0) is 12.5 Å². The van der Waals surface area contributed by atoms with Crippen LogP contribution >= 0.6 is 0 Å². The zero-order valence-corrected chi connectivity index (χ0v) is 9.97. The zero-order chi connectivity index (χ0) is 12.3. The van der Waals surface area contributed by atoms with E-state index in [0.29, 0.717) is 6.54 Å². The van der Waals surface area contributed by atoms with Gasteiger partial charge in [0.1, 0.15) is 6.04 Å². The molecule has 92 valence electrons. The third kappa shape index (κ3) is 2.84. The average Bonchev–Trinajstić information content (AvgIpc) is 2.30. The molecule has 1 aromatic rings. The third-order valence-corrected chi connectivity index (χ3v) is 3.04. The molecule has 1 aliphatic heterocycles. The molecule has 2 N–H and O–H groups in total. The monoisotopic (exact) mass is 234 g/mol. The molecule has 2 atom stereocenters. The average molecular weight is 234 g/mol. The first-order chi connectivity index (χ1) is 8.20. The molecule has 0 aromatic heterocycles. The van der Waals surface area contributed by atoms with Crippen molar-refractivity contribution in [3.63, 3.8) is 0 Å².